The molecular weight excluding hydrogens is 341 g/mol. The van der Waals surface area contributed by atoms with Crippen LogP contribution < -0.4 is 9.62 Å². The van der Waals surface area contributed by atoms with Gasteiger partial charge in [0.2, 0.25) is 15.8 Å². The second kappa shape index (κ2) is 7.09. The SMILES string of the molecule is CC(C)(CNS(=O)(=O)c1ccc(F)c([N+](=O)[O-])c1)[NH+]1CCOCC1. The van der Waals surface area contributed by atoms with Gasteiger partial charge >= 0.3 is 5.69 Å². The van der Waals surface area contributed by atoms with Gasteiger partial charge in [-0.05, 0) is 26.0 Å². The van der Waals surface area contributed by atoms with Crippen molar-refractivity contribution in [3.05, 3.63) is 34.1 Å². The van der Waals surface area contributed by atoms with Gasteiger partial charge in [-0.2, -0.15) is 4.39 Å². The molecule has 0 spiro atoms. The first-order valence-corrected chi connectivity index (χ1v) is 8.98. The molecule has 0 radical (unpaired) electrons. The highest BCUT2D eigenvalue weighted by Gasteiger charge is 2.34. The third kappa shape index (κ3) is 4.26. The lowest BCUT2D eigenvalue weighted by molar-refractivity contribution is -0.954. The van der Waals surface area contributed by atoms with E-state index in [-0.39, 0.29) is 17.0 Å². The van der Waals surface area contributed by atoms with E-state index in [1.165, 1.54) is 4.90 Å². The standard InChI is InChI=1S/C14H20FN3O5S/c1-14(2,17-5-7-23-8-6-17)10-16-24(21,22)11-3-4-12(15)13(9-11)18(19)20/h3-4,9,16H,5-8,10H2,1-2H3/p+1. The van der Waals surface area contributed by atoms with Gasteiger partial charge in [0.15, 0.2) is 0 Å². The highest BCUT2D eigenvalue weighted by molar-refractivity contribution is 7.89. The molecule has 0 bridgehead atoms. The van der Waals surface area contributed by atoms with Crippen molar-refractivity contribution in [1.82, 2.24) is 4.72 Å². The average molecular weight is 362 g/mol. The Morgan fingerprint density at radius 3 is 2.58 bits per heavy atom. The molecule has 0 aromatic heterocycles. The molecular formula is C14H21FN3O5S+. The number of morpholine rings is 1. The number of rotatable bonds is 6. The minimum absolute atomic E-state index is 0.149. The summed E-state index contributed by atoms with van der Waals surface area (Å²) in [6.07, 6.45) is 0. The summed E-state index contributed by atoms with van der Waals surface area (Å²) in [5, 5.41) is 10.8. The molecule has 0 aliphatic carbocycles. The average Bonchev–Trinajstić information content (AvgIpc) is 2.54. The number of hydrogen-bond donors (Lipinski definition) is 2. The Labute approximate surface area is 139 Å². The zero-order valence-corrected chi connectivity index (χ0v) is 14.4. The molecule has 1 aliphatic heterocycles. The Balaban J connectivity index is 2.13. The van der Waals surface area contributed by atoms with E-state index < -0.39 is 26.5 Å². The van der Waals surface area contributed by atoms with Crippen molar-refractivity contribution in [1.29, 1.82) is 0 Å². The molecule has 0 atom stereocenters. The fraction of sp³-hybridized carbons (Fsp3) is 0.571. The van der Waals surface area contributed by atoms with Gasteiger partial charge in [-0.3, -0.25) is 10.1 Å². The van der Waals surface area contributed by atoms with Crippen molar-refractivity contribution in [2.45, 2.75) is 24.3 Å². The van der Waals surface area contributed by atoms with Gasteiger partial charge in [0, 0.05) is 6.07 Å². The van der Waals surface area contributed by atoms with Gasteiger partial charge < -0.3 is 9.64 Å². The maximum absolute atomic E-state index is 13.4. The molecule has 0 amide bonds. The van der Waals surface area contributed by atoms with Crippen LogP contribution >= 0.6 is 0 Å². The van der Waals surface area contributed by atoms with Crippen LogP contribution in [0.25, 0.3) is 0 Å². The smallest absolute Gasteiger partial charge is 0.306 e. The van der Waals surface area contributed by atoms with E-state index in [0.717, 1.165) is 31.3 Å². The second-order valence-corrected chi connectivity index (χ2v) is 8.06. The summed E-state index contributed by atoms with van der Waals surface area (Å²) in [6, 6.07) is 2.52. The van der Waals surface area contributed by atoms with Crippen molar-refractivity contribution >= 4 is 15.7 Å². The predicted molar refractivity (Wildman–Crippen MR) is 83.8 cm³/mol. The number of nitrogens with zero attached hydrogens (tertiary/aromatic N) is 1. The molecule has 8 nitrogen and oxygen atoms in total. The zero-order chi connectivity index (χ0) is 18.0. The maximum Gasteiger partial charge on any atom is 0.306 e. The van der Waals surface area contributed by atoms with E-state index in [1.54, 1.807) is 0 Å². The van der Waals surface area contributed by atoms with Crippen LogP contribution in [0.15, 0.2) is 23.1 Å². The number of sulfonamides is 1. The summed E-state index contributed by atoms with van der Waals surface area (Å²) < 4.78 is 45.8. The molecule has 0 unspecified atom stereocenters. The molecule has 1 aromatic carbocycles. The van der Waals surface area contributed by atoms with Crippen LogP contribution in [0.3, 0.4) is 0 Å². The van der Waals surface area contributed by atoms with E-state index in [1.807, 2.05) is 13.8 Å². The number of nitro benzene ring substituents is 1. The van der Waals surface area contributed by atoms with Crippen molar-refractivity contribution < 1.29 is 27.4 Å². The van der Waals surface area contributed by atoms with Crippen molar-refractivity contribution in [3.63, 3.8) is 0 Å². The van der Waals surface area contributed by atoms with Crippen LogP contribution in [-0.4, -0.2) is 51.7 Å². The molecule has 2 N–H and O–H groups in total. The lowest BCUT2D eigenvalue weighted by atomic mass is 10.0. The van der Waals surface area contributed by atoms with Gasteiger partial charge in [-0.15, -0.1) is 0 Å². The summed E-state index contributed by atoms with van der Waals surface area (Å²) >= 11 is 0. The van der Waals surface area contributed by atoms with E-state index in [9.17, 15) is 22.9 Å². The molecule has 1 aromatic rings. The number of nitro groups is 1. The maximum atomic E-state index is 13.4. The number of nitrogens with one attached hydrogen (secondary N) is 2. The number of benzene rings is 1. The van der Waals surface area contributed by atoms with Gasteiger partial charge in [0.05, 0.1) is 29.6 Å². The highest BCUT2D eigenvalue weighted by Crippen LogP contribution is 2.21. The van der Waals surface area contributed by atoms with Crippen LogP contribution in [-0.2, 0) is 14.8 Å². The molecule has 2 rings (SSSR count). The molecule has 1 saturated heterocycles. The fourth-order valence-electron chi connectivity index (χ4n) is 2.58. The minimum atomic E-state index is -3.97. The van der Waals surface area contributed by atoms with Crippen LogP contribution in [0.2, 0.25) is 0 Å². The van der Waals surface area contributed by atoms with Crippen molar-refractivity contribution in [2.24, 2.45) is 0 Å². The molecule has 1 aliphatic rings. The topological polar surface area (TPSA) is 103 Å². The Morgan fingerprint density at radius 2 is 2.00 bits per heavy atom. The monoisotopic (exact) mass is 362 g/mol. The quantitative estimate of drug-likeness (QED) is 0.535. The molecule has 134 valence electrons. The van der Waals surface area contributed by atoms with Crippen LogP contribution in [0.5, 0.6) is 0 Å². The molecule has 10 heteroatoms. The van der Waals surface area contributed by atoms with Crippen molar-refractivity contribution in [2.75, 3.05) is 32.8 Å². The number of hydrogen-bond acceptors (Lipinski definition) is 5. The minimum Gasteiger partial charge on any atom is -0.370 e. The second-order valence-electron chi connectivity index (χ2n) is 6.29. The lowest BCUT2D eigenvalue weighted by Gasteiger charge is -2.37. The van der Waals surface area contributed by atoms with Crippen LogP contribution in [0.1, 0.15) is 13.8 Å². The highest BCUT2D eigenvalue weighted by atomic mass is 32.2. The Morgan fingerprint density at radius 1 is 1.38 bits per heavy atom. The van der Waals surface area contributed by atoms with Gasteiger partial charge in [-0.1, -0.05) is 0 Å². The number of halogens is 1. The largest absolute Gasteiger partial charge is 0.370 e. The Bertz CT molecular complexity index is 717. The zero-order valence-electron chi connectivity index (χ0n) is 13.5. The first kappa shape index (κ1) is 18.7. The third-order valence-corrected chi connectivity index (χ3v) is 5.58. The van der Waals surface area contributed by atoms with Crippen molar-refractivity contribution in [3.8, 4) is 0 Å². The Hall–Kier alpha value is -1.62. The lowest BCUT2D eigenvalue weighted by Crippen LogP contribution is -3.22. The van der Waals surface area contributed by atoms with Crippen LogP contribution in [0.4, 0.5) is 10.1 Å². The fourth-order valence-corrected chi connectivity index (χ4v) is 3.81. The van der Waals surface area contributed by atoms with E-state index in [2.05, 4.69) is 4.72 Å². The third-order valence-electron chi connectivity index (χ3n) is 4.18. The first-order valence-electron chi connectivity index (χ1n) is 7.50. The predicted octanol–water partition coefficient (Wildman–Crippen LogP) is -0.294. The Kier molecular flexibility index (Phi) is 5.53. The normalized spacial score (nSPS) is 17.0. The summed E-state index contributed by atoms with van der Waals surface area (Å²) in [7, 11) is -3.97. The van der Waals surface area contributed by atoms with Gasteiger partial charge in [0.1, 0.15) is 18.6 Å². The van der Waals surface area contributed by atoms with Gasteiger partial charge in [-0.25, -0.2) is 13.1 Å². The van der Waals surface area contributed by atoms with E-state index in [0.29, 0.717) is 13.2 Å². The molecule has 1 heterocycles. The summed E-state index contributed by atoms with van der Waals surface area (Å²) in [6.45, 7) is 6.81. The molecule has 1 fully saturated rings. The molecule has 24 heavy (non-hydrogen) atoms. The summed E-state index contributed by atoms with van der Waals surface area (Å²) in [5.41, 5.74) is -1.24. The molecule has 0 saturated carbocycles. The van der Waals surface area contributed by atoms with Crippen LogP contribution in [0, 0.1) is 15.9 Å². The number of ether oxygens (including phenoxy) is 1. The first-order chi connectivity index (χ1) is 11.1. The van der Waals surface area contributed by atoms with E-state index >= 15 is 0 Å². The van der Waals surface area contributed by atoms with Gasteiger partial charge in [0.25, 0.3) is 0 Å². The summed E-state index contributed by atoms with van der Waals surface area (Å²) in [5.74, 6) is -1.07. The number of quaternary nitrogens is 1. The van der Waals surface area contributed by atoms with E-state index in [4.69, 9.17) is 4.74 Å². The summed E-state index contributed by atoms with van der Waals surface area (Å²) in [4.78, 5) is 10.7.